The number of morpholine rings is 1. The minimum Gasteiger partial charge on any atom is -0.465 e. The molecule has 2 fully saturated rings. The normalized spacial score (nSPS) is 21.7. The van der Waals surface area contributed by atoms with Crippen molar-refractivity contribution in [3.05, 3.63) is 23.8 Å². The van der Waals surface area contributed by atoms with Crippen LogP contribution in [0, 0.1) is 5.92 Å². The summed E-state index contributed by atoms with van der Waals surface area (Å²) in [5.74, 6) is -0.535. The molecular formula is C19H29Cl2N3O4. The first kappa shape index (κ1) is 24.5. The van der Waals surface area contributed by atoms with Gasteiger partial charge in [0.2, 0.25) is 5.91 Å². The molecule has 0 bridgehead atoms. The monoisotopic (exact) mass is 433 g/mol. The van der Waals surface area contributed by atoms with Crippen molar-refractivity contribution in [2.24, 2.45) is 5.92 Å². The fourth-order valence-corrected chi connectivity index (χ4v) is 3.54. The van der Waals surface area contributed by atoms with Gasteiger partial charge in [0.1, 0.15) is 0 Å². The zero-order valence-electron chi connectivity index (χ0n) is 16.2. The molecule has 0 spiro atoms. The van der Waals surface area contributed by atoms with Crippen LogP contribution in [0.2, 0.25) is 0 Å². The Balaban J connectivity index is 0.00000196. The summed E-state index contributed by atoms with van der Waals surface area (Å²) in [5, 5.41) is 6.28. The number of piperidine rings is 1. The zero-order valence-corrected chi connectivity index (χ0v) is 17.9. The number of halogens is 2. The molecule has 2 aliphatic heterocycles. The van der Waals surface area contributed by atoms with Crippen LogP contribution < -0.4 is 15.5 Å². The van der Waals surface area contributed by atoms with Gasteiger partial charge in [-0.2, -0.15) is 0 Å². The molecule has 1 aromatic carbocycles. The van der Waals surface area contributed by atoms with Gasteiger partial charge in [0.05, 0.1) is 31.6 Å². The lowest BCUT2D eigenvalue weighted by molar-refractivity contribution is -0.120. The molecule has 158 valence electrons. The average Bonchev–Trinajstić information content (AvgIpc) is 2.68. The van der Waals surface area contributed by atoms with Gasteiger partial charge in [-0.1, -0.05) is 0 Å². The standard InChI is InChI=1S/C19H27N3O4.2ClH/c1-13-11-14(5-6-20-13)18(23)21-17-4-3-15(12-16(17)19(24)25-2)22-7-9-26-10-8-22;;/h3-4,12-14,20H,5-11H2,1-2H3,(H,21,23);2*1H/t13-,14-;;/m0../s1. The summed E-state index contributed by atoms with van der Waals surface area (Å²) >= 11 is 0. The Labute approximate surface area is 178 Å². The number of ether oxygens (including phenoxy) is 2. The topological polar surface area (TPSA) is 79.9 Å². The largest absolute Gasteiger partial charge is 0.465 e. The Morgan fingerprint density at radius 1 is 1.25 bits per heavy atom. The van der Waals surface area contributed by atoms with E-state index in [1.165, 1.54) is 7.11 Å². The number of carbonyl (C=O) groups is 2. The number of nitrogens with zero attached hydrogens (tertiary/aromatic N) is 1. The van der Waals surface area contributed by atoms with E-state index in [9.17, 15) is 9.59 Å². The number of methoxy groups -OCH3 is 1. The molecule has 28 heavy (non-hydrogen) atoms. The zero-order chi connectivity index (χ0) is 18.5. The second-order valence-corrected chi connectivity index (χ2v) is 6.89. The van der Waals surface area contributed by atoms with Crippen LogP contribution >= 0.6 is 24.8 Å². The van der Waals surface area contributed by atoms with Gasteiger partial charge in [0.25, 0.3) is 0 Å². The van der Waals surface area contributed by atoms with Crippen molar-refractivity contribution in [2.75, 3.05) is 50.2 Å². The van der Waals surface area contributed by atoms with Crippen LogP contribution in [0.5, 0.6) is 0 Å². The van der Waals surface area contributed by atoms with Crippen molar-refractivity contribution in [1.82, 2.24) is 5.32 Å². The van der Waals surface area contributed by atoms with Crippen LogP contribution in [-0.2, 0) is 14.3 Å². The minimum absolute atomic E-state index is 0. The molecule has 2 heterocycles. The number of amides is 1. The van der Waals surface area contributed by atoms with Gasteiger partial charge in [0.15, 0.2) is 0 Å². The van der Waals surface area contributed by atoms with Gasteiger partial charge >= 0.3 is 5.97 Å². The predicted molar refractivity (Wildman–Crippen MR) is 114 cm³/mol. The summed E-state index contributed by atoms with van der Waals surface area (Å²) < 4.78 is 10.3. The number of esters is 1. The smallest absolute Gasteiger partial charge is 0.340 e. The Morgan fingerprint density at radius 2 is 1.96 bits per heavy atom. The maximum absolute atomic E-state index is 12.6. The van der Waals surface area contributed by atoms with Gasteiger partial charge in [-0.05, 0) is 44.5 Å². The Hall–Kier alpha value is -1.54. The predicted octanol–water partition coefficient (Wildman–Crippen LogP) is 2.48. The summed E-state index contributed by atoms with van der Waals surface area (Å²) in [6, 6.07) is 5.83. The Kier molecular flexibility index (Phi) is 10.0. The van der Waals surface area contributed by atoms with Crippen molar-refractivity contribution < 1.29 is 19.1 Å². The number of carbonyl (C=O) groups excluding carboxylic acids is 2. The molecule has 2 saturated heterocycles. The van der Waals surface area contributed by atoms with Gasteiger partial charge in [-0.3, -0.25) is 4.79 Å². The van der Waals surface area contributed by atoms with E-state index >= 15 is 0 Å². The van der Waals surface area contributed by atoms with E-state index in [1.54, 1.807) is 12.1 Å². The fraction of sp³-hybridized carbons (Fsp3) is 0.579. The molecule has 7 nitrogen and oxygen atoms in total. The third-order valence-corrected chi connectivity index (χ3v) is 5.04. The summed E-state index contributed by atoms with van der Waals surface area (Å²) in [6.45, 7) is 5.80. The van der Waals surface area contributed by atoms with Gasteiger partial charge in [-0.15, -0.1) is 24.8 Å². The van der Waals surface area contributed by atoms with Crippen molar-refractivity contribution in [3.63, 3.8) is 0 Å². The van der Waals surface area contributed by atoms with E-state index < -0.39 is 5.97 Å². The van der Waals surface area contributed by atoms with Crippen LogP contribution in [0.4, 0.5) is 11.4 Å². The molecule has 9 heteroatoms. The van der Waals surface area contributed by atoms with E-state index in [0.717, 1.165) is 38.2 Å². The molecule has 0 saturated carbocycles. The first-order chi connectivity index (χ1) is 12.6. The molecular weight excluding hydrogens is 405 g/mol. The van der Waals surface area contributed by atoms with Crippen molar-refractivity contribution in [3.8, 4) is 0 Å². The van der Waals surface area contributed by atoms with Crippen LogP contribution in [0.1, 0.15) is 30.1 Å². The Bertz CT molecular complexity index is 669. The number of hydrogen-bond donors (Lipinski definition) is 2. The van der Waals surface area contributed by atoms with E-state index in [0.29, 0.717) is 30.5 Å². The highest BCUT2D eigenvalue weighted by atomic mass is 35.5. The summed E-state index contributed by atoms with van der Waals surface area (Å²) in [4.78, 5) is 27.1. The first-order valence-corrected chi connectivity index (χ1v) is 9.18. The van der Waals surface area contributed by atoms with E-state index in [2.05, 4.69) is 22.5 Å². The third-order valence-electron chi connectivity index (χ3n) is 5.04. The number of benzene rings is 1. The first-order valence-electron chi connectivity index (χ1n) is 9.18. The number of hydrogen-bond acceptors (Lipinski definition) is 6. The molecule has 2 aliphatic rings. The van der Waals surface area contributed by atoms with Crippen molar-refractivity contribution >= 4 is 48.1 Å². The highest BCUT2D eigenvalue weighted by Crippen LogP contribution is 2.26. The second-order valence-electron chi connectivity index (χ2n) is 6.89. The summed E-state index contributed by atoms with van der Waals surface area (Å²) in [7, 11) is 1.35. The maximum atomic E-state index is 12.6. The van der Waals surface area contributed by atoms with Crippen LogP contribution in [-0.4, -0.2) is 57.9 Å². The van der Waals surface area contributed by atoms with Crippen LogP contribution in [0.3, 0.4) is 0 Å². The SMILES string of the molecule is COC(=O)c1cc(N2CCOCC2)ccc1NC(=O)[C@H]1CCN[C@@H](C)C1.Cl.Cl. The molecule has 1 aromatic rings. The van der Waals surface area contributed by atoms with Gasteiger partial charge in [0, 0.05) is 30.7 Å². The Morgan fingerprint density at radius 3 is 2.61 bits per heavy atom. The quantitative estimate of drug-likeness (QED) is 0.709. The fourth-order valence-electron chi connectivity index (χ4n) is 3.54. The molecule has 0 radical (unpaired) electrons. The number of rotatable bonds is 4. The van der Waals surface area contributed by atoms with Gasteiger partial charge in [-0.25, -0.2) is 4.79 Å². The third kappa shape index (κ3) is 5.98. The second kappa shape index (κ2) is 11.5. The van der Waals surface area contributed by atoms with Crippen molar-refractivity contribution in [1.29, 1.82) is 0 Å². The minimum atomic E-state index is -0.450. The number of nitrogens with one attached hydrogen (secondary N) is 2. The molecule has 3 rings (SSSR count). The molecule has 2 N–H and O–H groups in total. The highest BCUT2D eigenvalue weighted by molar-refractivity contribution is 6.02. The lowest BCUT2D eigenvalue weighted by atomic mass is 9.92. The lowest BCUT2D eigenvalue weighted by Crippen LogP contribution is -2.40. The number of anilines is 2. The van der Waals surface area contributed by atoms with Crippen LogP contribution in [0.25, 0.3) is 0 Å². The molecule has 0 aliphatic carbocycles. The van der Waals surface area contributed by atoms with Gasteiger partial charge < -0.3 is 25.0 Å². The maximum Gasteiger partial charge on any atom is 0.340 e. The molecule has 0 aromatic heterocycles. The highest BCUT2D eigenvalue weighted by Gasteiger charge is 2.26. The van der Waals surface area contributed by atoms with E-state index in [1.807, 2.05) is 6.07 Å². The van der Waals surface area contributed by atoms with Crippen molar-refractivity contribution in [2.45, 2.75) is 25.8 Å². The van der Waals surface area contributed by atoms with E-state index in [-0.39, 0.29) is 36.6 Å². The molecule has 2 atom stereocenters. The van der Waals surface area contributed by atoms with Crippen LogP contribution in [0.15, 0.2) is 18.2 Å². The lowest BCUT2D eigenvalue weighted by Gasteiger charge is -2.30. The summed E-state index contributed by atoms with van der Waals surface area (Å²) in [5.41, 5.74) is 1.82. The van der Waals surface area contributed by atoms with E-state index in [4.69, 9.17) is 9.47 Å². The molecule has 0 unspecified atom stereocenters. The summed E-state index contributed by atoms with van der Waals surface area (Å²) in [6.07, 6.45) is 1.60. The molecule has 1 amide bonds. The average molecular weight is 434 g/mol.